The van der Waals surface area contributed by atoms with Crippen LogP contribution in [0.2, 0.25) is 0 Å². The minimum absolute atomic E-state index is 0.0230. The van der Waals surface area contributed by atoms with Crippen molar-refractivity contribution in [2.45, 2.75) is 50.7 Å². The van der Waals surface area contributed by atoms with Gasteiger partial charge in [0.15, 0.2) is 0 Å². The molecule has 3 saturated heterocycles. The largest absolute Gasteiger partial charge is 0.497 e. The van der Waals surface area contributed by atoms with Crippen molar-refractivity contribution in [1.82, 2.24) is 4.90 Å². The van der Waals surface area contributed by atoms with Crippen molar-refractivity contribution in [2.24, 2.45) is 23.2 Å². The highest BCUT2D eigenvalue weighted by molar-refractivity contribution is 5.75. The van der Waals surface area contributed by atoms with Crippen molar-refractivity contribution in [3.8, 4) is 5.75 Å². The number of benzene rings is 1. The molecule has 6 heteroatoms. The van der Waals surface area contributed by atoms with Crippen molar-refractivity contribution in [2.75, 3.05) is 51.3 Å². The van der Waals surface area contributed by atoms with Gasteiger partial charge >= 0.3 is 5.97 Å². The van der Waals surface area contributed by atoms with Gasteiger partial charge in [-0.1, -0.05) is 6.92 Å². The van der Waals surface area contributed by atoms with Crippen LogP contribution in [0.4, 0.5) is 5.69 Å². The smallest absolute Gasteiger partial charge is 0.310 e. The predicted molar refractivity (Wildman–Crippen MR) is 122 cm³/mol. The van der Waals surface area contributed by atoms with Gasteiger partial charge in [-0.05, 0) is 67.7 Å². The van der Waals surface area contributed by atoms with Crippen LogP contribution in [0.5, 0.6) is 5.75 Å². The molecule has 6 rings (SSSR count). The number of hydrogen-bond donors (Lipinski definition) is 0. The van der Waals surface area contributed by atoms with E-state index in [1.807, 2.05) is 12.1 Å². The molecule has 6 atom stereocenters. The normalized spacial score (nSPS) is 41.2. The third-order valence-electron chi connectivity index (χ3n) is 9.34. The molecule has 0 bridgehead atoms. The Labute approximate surface area is 191 Å². The lowest BCUT2D eigenvalue weighted by Crippen LogP contribution is -2.52. The monoisotopic (exact) mass is 440 g/mol. The van der Waals surface area contributed by atoms with Crippen molar-refractivity contribution < 1.29 is 19.0 Å². The SMILES string of the molecule is COc1ccc(N2CCN(CC3C(=O)OC4CC5(C)CCCC6(CO6)C5CC43)CC2)cc1. The summed E-state index contributed by atoms with van der Waals surface area (Å²) in [5, 5.41) is 0. The Hall–Kier alpha value is -1.79. The predicted octanol–water partition coefficient (Wildman–Crippen LogP) is 3.34. The first-order valence-electron chi connectivity index (χ1n) is 12.5. The molecular weight excluding hydrogens is 404 g/mol. The maximum atomic E-state index is 12.9. The molecule has 1 aromatic carbocycles. The molecule has 0 radical (unpaired) electrons. The fraction of sp³-hybridized carbons (Fsp3) is 0.731. The number of epoxide rings is 1. The summed E-state index contributed by atoms with van der Waals surface area (Å²) < 4.78 is 17.3. The highest BCUT2D eigenvalue weighted by Gasteiger charge is 2.65. The Balaban J connectivity index is 1.10. The summed E-state index contributed by atoms with van der Waals surface area (Å²) in [6.45, 7) is 8.14. The summed E-state index contributed by atoms with van der Waals surface area (Å²) in [4.78, 5) is 17.8. The van der Waals surface area contributed by atoms with Crippen molar-refractivity contribution in [1.29, 1.82) is 0 Å². The average Bonchev–Trinajstić information content (AvgIpc) is 3.51. The highest BCUT2D eigenvalue weighted by atomic mass is 16.6. The molecule has 0 amide bonds. The van der Waals surface area contributed by atoms with Crippen LogP contribution in [0.1, 0.15) is 39.0 Å². The number of hydrogen-bond acceptors (Lipinski definition) is 6. The summed E-state index contributed by atoms with van der Waals surface area (Å²) >= 11 is 0. The van der Waals surface area contributed by atoms with Gasteiger partial charge in [-0.3, -0.25) is 9.69 Å². The van der Waals surface area contributed by atoms with Gasteiger partial charge in [0.25, 0.3) is 0 Å². The number of rotatable bonds is 4. The van der Waals surface area contributed by atoms with Crippen LogP contribution < -0.4 is 9.64 Å². The zero-order valence-corrected chi connectivity index (χ0v) is 19.4. The van der Waals surface area contributed by atoms with E-state index in [1.54, 1.807) is 7.11 Å². The molecule has 0 aromatic heterocycles. The maximum Gasteiger partial charge on any atom is 0.310 e. The van der Waals surface area contributed by atoms with Crippen LogP contribution in [0.3, 0.4) is 0 Å². The fourth-order valence-electron chi connectivity index (χ4n) is 7.43. The van der Waals surface area contributed by atoms with Crippen LogP contribution >= 0.6 is 0 Å². The molecule has 1 aromatic rings. The lowest BCUT2D eigenvalue weighted by atomic mass is 9.53. The van der Waals surface area contributed by atoms with Gasteiger partial charge in [0, 0.05) is 44.3 Å². The second kappa shape index (κ2) is 7.63. The van der Waals surface area contributed by atoms with E-state index < -0.39 is 0 Å². The van der Waals surface area contributed by atoms with E-state index in [4.69, 9.17) is 14.2 Å². The van der Waals surface area contributed by atoms with E-state index in [1.165, 1.54) is 24.9 Å². The quantitative estimate of drug-likeness (QED) is 0.529. The lowest BCUT2D eigenvalue weighted by Gasteiger charge is -2.51. The number of fused-ring (bicyclic) bond motifs is 3. The van der Waals surface area contributed by atoms with Gasteiger partial charge in [0.2, 0.25) is 0 Å². The molecule has 32 heavy (non-hydrogen) atoms. The number of anilines is 1. The van der Waals surface area contributed by atoms with E-state index in [0.29, 0.717) is 11.8 Å². The van der Waals surface area contributed by atoms with Crippen LogP contribution in [-0.2, 0) is 14.3 Å². The summed E-state index contributed by atoms with van der Waals surface area (Å²) in [7, 11) is 1.70. The molecule has 5 fully saturated rings. The minimum atomic E-state index is 0.0230. The number of methoxy groups -OCH3 is 1. The van der Waals surface area contributed by atoms with Gasteiger partial charge < -0.3 is 19.1 Å². The third-order valence-corrected chi connectivity index (χ3v) is 9.34. The van der Waals surface area contributed by atoms with Crippen LogP contribution in [0.15, 0.2) is 24.3 Å². The first-order valence-corrected chi connectivity index (χ1v) is 12.5. The van der Waals surface area contributed by atoms with Gasteiger partial charge in [0.1, 0.15) is 11.9 Å². The van der Waals surface area contributed by atoms with E-state index in [-0.39, 0.29) is 29.0 Å². The summed E-state index contributed by atoms with van der Waals surface area (Å²) in [5.74, 6) is 1.91. The molecule has 6 unspecified atom stereocenters. The molecule has 2 aliphatic carbocycles. The summed E-state index contributed by atoms with van der Waals surface area (Å²) in [5.41, 5.74) is 1.64. The van der Waals surface area contributed by atoms with Crippen molar-refractivity contribution >= 4 is 11.7 Å². The first kappa shape index (κ1) is 20.8. The van der Waals surface area contributed by atoms with Gasteiger partial charge in [-0.25, -0.2) is 0 Å². The molecule has 3 aliphatic heterocycles. The Morgan fingerprint density at radius 3 is 2.56 bits per heavy atom. The minimum Gasteiger partial charge on any atom is -0.497 e. The zero-order valence-electron chi connectivity index (χ0n) is 19.4. The van der Waals surface area contributed by atoms with Gasteiger partial charge in [-0.2, -0.15) is 0 Å². The van der Waals surface area contributed by atoms with Gasteiger partial charge in [-0.15, -0.1) is 0 Å². The Kier molecular flexibility index (Phi) is 4.95. The van der Waals surface area contributed by atoms with E-state index in [0.717, 1.165) is 57.9 Å². The molecular formula is C26H36N2O4. The van der Waals surface area contributed by atoms with E-state index in [2.05, 4.69) is 28.9 Å². The number of piperazine rings is 1. The maximum absolute atomic E-state index is 12.9. The Morgan fingerprint density at radius 1 is 1.12 bits per heavy atom. The zero-order chi connectivity index (χ0) is 21.9. The average molecular weight is 441 g/mol. The topological polar surface area (TPSA) is 54.5 Å². The van der Waals surface area contributed by atoms with E-state index in [9.17, 15) is 4.79 Å². The molecule has 1 spiro atoms. The molecule has 6 nitrogen and oxygen atoms in total. The van der Waals surface area contributed by atoms with E-state index >= 15 is 0 Å². The standard InChI is InChI=1S/C26H36N2O4/c1-25-8-3-9-26(17-31-26)23(25)14-20-21(24(29)32-22(20)15-25)16-27-10-12-28(13-11-27)18-4-6-19(30-2)7-5-18/h4-7,20-23H,3,8-17H2,1-2H3. The number of esters is 1. The number of nitrogens with zero attached hydrogens (tertiary/aromatic N) is 2. The van der Waals surface area contributed by atoms with Crippen LogP contribution in [0.25, 0.3) is 0 Å². The van der Waals surface area contributed by atoms with Crippen LogP contribution in [0, 0.1) is 23.2 Å². The number of carbonyl (C=O) groups excluding carboxylic acids is 1. The fourth-order valence-corrected chi connectivity index (χ4v) is 7.43. The second-order valence-corrected chi connectivity index (χ2v) is 11.1. The molecule has 0 N–H and O–H groups in total. The molecule has 174 valence electrons. The van der Waals surface area contributed by atoms with Gasteiger partial charge in [0.05, 0.1) is 25.2 Å². The Bertz CT molecular complexity index is 861. The highest BCUT2D eigenvalue weighted by Crippen LogP contribution is 2.62. The van der Waals surface area contributed by atoms with Crippen molar-refractivity contribution in [3.05, 3.63) is 24.3 Å². The summed E-state index contributed by atoms with van der Waals surface area (Å²) in [6, 6.07) is 8.31. The third kappa shape index (κ3) is 3.41. The number of carbonyl (C=O) groups is 1. The van der Waals surface area contributed by atoms with Crippen LogP contribution in [-0.4, -0.2) is 69.0 Å². The summed E-state index contributed by atoms with van der Waals surface area (Å²) in [6.07, 6.45) is 5.95. The first-order chi connectivity index (χ1) is 15.5. The molecule has 5 aliphatic rings. The lowest BCUT2D eigenvalue weighted by molar-refractivity contribution is -0.147. The molecule has 2 saturated carbocycles. The number of ether oxygens (including phenoxy) is 3. The molecule has 3 heterocycles. The Morgan fingerprint density at radius 2 is 1.88 bits per heavy atom. The second-order valence-electron chi connectivity index (χ2n) is 11.1. The van der Waals surface area contributed by atoms with Crippen molar-refractivity contribution in [3.63, 3.8) is 0 Å².